The summed E-state index contributed by atoms with van der Waals surface area (Å²) in [5.74, 6) is 0.0900. The number of carbonyl (C=O) groups excluding carboxylic acids is 1. The van der Waals surface area contributed by atoms with E-state index in [-0.39, 0.29) is 12.2 Å². The van der Waals surface area contributed by atoms with E-state index in [4.69, 9.17) is 26.1 Å². The third kappa shape index (κ3) is 4.88. The van der Waals surface area contributed by atoms with Gasteiger partial charge in [-0.15, -0.1) is 0 Å². The lowest BCUT2D eigenvalue weighted by Gasteiger charge is -2.26. The van der Waals surface area contributed by atoms with Crippen LogP contribution in [0.25, 0.3) is 11.8 Å². The van der Waals surface area contributed by atoms with Crippen LogP contribution in [0.15, 0.2) is 94.2 Å². The first kappa shape index (κ1) is 24.7. The summed E-state index contributed by atoms with van der Waals surface area (Å²) in [4.78, 5) is 32.6. The monoisotopic (exact) mass is 530 g/mol. The number of halogens is 1. The van der Waals surface area contributed by atoms with Crippen LogP contribution >= 0.6 is 22.9 Å². The summed E-state index contributed by atoms with van der Waals surface area (Å²) in [6.07, 6.45) is 1.80. The van der Waals surface area contributed by atoms with Crippen molar-refractivity contribution in [2.45, 2.75) is 13.0 Å². The molecule has 0 spiro atoms. The van der Waals surface area contributed by atoms with Gasteiger partial charge in [0.2, 0.25) is 0 Å². The number of methoxy groups -OCH3 is 1. The number of aromatic nitrogens is 1. The highest BCUT2D eigenvalue weighted by Crippen LogP contribution is 2.36. The molecule has 1 aliphatic rings. The molecule has 3 aromatic carbocycles. The number of ether oxygens (including phenoxy) is 2. The maximum Gasteiger partial charge on any atom is 0.338 e. The molecule has 1 aromatic heterocycles. The molecule has 2 heterocycles. The van der Waals surface area contributed by atoms with Crippen molar-refractivity contribution in [1.82, 2.24) is 4.57 Å². The predicted molar refractivity (Wildman–Crippen MR) is 146 cm³/mol. The summed E-state index contributed by atoms with van der Waals surface area (Å²) in [5.41, 5.74) is 2.83. The Morgan fingerprint density at radius 3 is 2.54 bits per heavy atom. The largest absolute Gasteiger partial charge is 0.497 e. The Morgan fingerprint density at radius 1 is 1.08 bits per heavy atom. The number of rotatable bonds is 6. The second-order valence-corrected chi connectivity index (χ2v) is 9.71. The van der Waals surface area contributed by atoms with Crippen LogP contribution in [0.2, 0.25) is 5.02 Å². The summed E-state index contributed by atoms with van der Waals surface area (Å²) in [5, 5.41) is 0.614. The van der Waals surface area contributed by atoms with Crippen LogP contribution in [0.1, 0.15) is 29.7 Å². The van der Waals surface area contributed by atoms with Crippen molar-refractivity contribution in [1.29, 1.82) is 0 Å². The Hall–Kier alpha value is -3.94. The summed E-state index contributed by atoms with van der Waals surface area (Å²) in [7, 11) is 1.58. The van der Waals surface area contributed by atoms with Crippen LogP contribution in [-0.4, -0.2) is 24.3 Å². The van der Waals surface area contributed by atoms with Crippen molar-refractivity contribution in [2.24, 2.45) is 4.99 Å². The quantitative estimate of drug-likeness (QED) is 0.342. The summed E-state index contributed by atoms with van der Waals surface area (Å²) >= 11 is 7.31. The maximum atomic E-state index is 13.8. The molecule has 8 heteroatoms. The van der Waals surface area contributed by atoms with Crippen LogP contribution in [0.3, 0.4) is 0 Å². The number of hydrogen-bond acceptors (Lipinski definition) is 6. The SMILES string of the molecule is CCOC(=O)C1=C(c2ccccc2)N=c2s/c(=C\c3ccc(Cl)cc3)c(=O)n2[C@@H]1c1cccc(OC)c1. The van der Waals surface area contributed by atoms with Crippen molar-refractivity contribution in [3.63, 3.8) is 0 Å². The molecule has 0 saturated heterocycles. The topological polar surface area (TPSA) is 69.9 Å². The van der Waals surface area contributed by atoms with Crippen molar-refractivity contribution in [3.05, 3.63) is 126 Å². The Kier molecular flexibility index (Phi) is 7.08. The van der Waals surface area contributed by atoms with Crippen LogP contribution in [0.5, 0.6) is 5.75 Å². The van der Waals surface area contributed by atoms with Crippen molar-refractivity contribution < 1.29 is 14.3 Å². The van der Waals surface area contributed by atoms with Gasteiger partial charge in [-0.2, -0.15) is 0 Å². The van der Waals surface area contributed by atoms with Gasteiger partial charge in [-0.3, -0.25) is 9.36 Å². The third-order valence-electron chi connectivity index (χ3n) is 5.95. The third-order valence-corrected chi connectivity index (χ3v) is 7.19. The molecule has 1 aliphatic heterocycles. The molecule has 37 heavy (non-hydrogen) atoms. The van der Waals surface area contributed by atoms with Crippen LogP contribution < -0.4 is 19.6 Å². The number of nitrogens with zero attached hydrogens (tertiary/aromatic N) is 2. The van der Waals surface area contributed by atoms with Gasteiger partial charge in [-0.1, -0.05) is 77.5 Å². The van der Waals surface area contributed by atoms with Gasteiger partial charge >= 0.3 is 5.97 Å². The smallest absolute Gasteiger partial charge is 0.338 e. The van der Waals surface area contributed by atoms with Gasteiger partial charge in [0.1, 0.15) is 5.75 Å². The normalized spacial score (nSPS) is 15.2. The van der Waals surface area contributed by atoms with Gasteiger partial charge in [0.25, 0.3) is 5.56 Å². The summed E-state index contributed by atoms with van der Waals surface area (Å²) in [6, 6.07) is 23.3. The van der Waals surface area contributed by atoms with Crippen molar-refractivity contribution >= 4 is 40.7 Å². The molecule has 0 aliphatic carbocycles. The minimum atomic E-state index is -0.757. The fraction of sp³-hybridized carbons (Fsp3) is 0.138. The highest BCUT2D eigenvalue weighted by molar-refractivity contribution is 7.07. The van der Waals surface area contributed by atoms with E-state index in [1.807, 2.05) is 66.7 Å². The predicted octanol–water partition coefficient (Wildman–Crippen LogP) is 4.60. The Balaban J connectivity index is 1.83. The Morgan fingerprint density at radius 2 is 1.84 bits per heavy atom. The van der Waals surface area contributed by atoms with Gasteiger partial charge in [-0.05, 0) is 48.4 Å². The summed E-state index contributed by atoms with van der Waals surface area (Å²) in [6.45, 7) is 1.94. The van der Waals surface area contributed by atoms with Crippen LogP contribution in [0, 0.1) is 0 Å². The fourth-order valence-corrected chi connectivity index (χ4v) is 5.40. The van der Waals surface area contributed by atoms with E-state index in [2.05, 4.69) is 0 Å². The standard InChI is InChI=1S/C29H23ClN2O4S/c1-3-36-28(34)24-25(19-8-5-4-6-9-19)31-29-32(26(24)20-10-7-11-22(17-20)35-2)27(33)23(37-29)16-18-12-14-21(30)15-13-18/h4-17,26H,3H2,1-2H3/b23-16-/t26-/m1/s1. The maximum absolute atomic E-state index is 13.8. The zero-order valence-electron chi connectivity index (χ0n) is 20.2. The van der Waals surface area contributed by atoms with Crippen molar-refractivity contribution in [2.75, 3.05) is 13.7 Å². The van der Waals surface area contributed by atoms with Gasteiger partial charge in [0.05, 0.1) is 35.6 Å². The first-order valence-corrected chi connectivity index (χ1v) is 12.9. The Labute approximate surface area is 222 Å². The van der Waals surface area contributed by atoms with E-state index < -0.39 is 12.0 Å². The van der Waals surface area contributed by atoms with Crippen LogP contribution in [0.4, 0.5) is 0 Å². The van der Waals surface area contributed by atoms with E-state index in [1.165, 1.54) is 11.3 Å². The Bertz CT molecular complexity index is 1670. The highest BCUT2D eigenvalue weighted by Gasteiger charge is 2.35. The number of fused-ring (bicyclic) bond motifs is 1. The molecule has 5 rings (SSSR count). The van der Waals surface area contributed by atoms with E-state index in [0.717, 1.165) is 11.1 Å². The lowest BCUT2D eigenvalue weighted by molar-refractivity contribution is -0.138. The second-order valence-electron chi connectivity index (χ2n) is 8.26. The molecule has 0 bridgehead atoms. The molecule has 0 saturated carbocycles. The molecule has 0 unspecified atom stereocenters. The minimum Gasteiger partial charge on any atom is -0.497 e. The highest BCUT2D eigenvalue weighted by atomic mass is 35.5. The number of hydrogen-bond donors (Lipinski definition) is 0. The van der Waals surface area contributed by atoms with Gasteiger partial charge < -0.3 is 9.47 Å². The van der Waals surface area contributed by atoms with E-state index in [1.54, 1.807) is 36.8 Å². The number of benzene rings is 3. The van der Waals surface area contributed by atoms with E-state index in [0.29, 0.717) is 36.9 Å². The molecule has 6 nitrogen and oxygen atoms in total. The number of thiazole rings is 1. The van der Waals surface area contributed by atoms with Gasteiger partial charge in [-0.25, -0.2) is 9.79 Å². The number of esters is 1. The molecule has 1 atom stereocenters. The van der Waals surface area contributed by atoms with Crippen molar-refractivity contribution in [3.8, 4) is 5.75 Å². The average Bonchev–Trinajstić information content (AvgIpc) is 3.24. The minimum absolute atomic E-state index is 0.191. The fourth-order valence-electron chi connectivity index (χ4n) is 4.28. The molecular weight excluding hydrogens is 508 g/mol. The summed E-state index contributed by atoms with van der Waals surface area (Å²) < 4.78 is 13.0. The average molecular weight is 531 g/mol. The molecule has 0 amide bonds. The molecule has 0 fully saturated rings. The lowest BCUT2D eigenvalue weighted by atomic mass is 9.93. The molecule has 186 valence electrons. The second kappa shape index (κ2) is 10.6. The molecule has 0 radical (unpaired) electrons. The van der Waals surface area contributed by atoms with E-state index >= 15 is 0 Å². The first-order chi connectivity index (χ1) is 18.0. The van der Waals surface area contributed by atoms with E-state index in [9.17, 15) is 9.59 Å². The zero-order chi connectivity index (χ0) is 25.9. The lowest BCUT2D eigenvalue weighted by Crippen LogP contribution is -2.40. The number of carbonyl (C=O) groups is 1. The van der Waals surface area contributed by atoms with Gasteiger partial charge in [0.15, 0.2) is 4.80 Å². The zero-order valence-corrected chi connectivity index (χ0v) is 21.8. The van der Waals surface area contributed by atoms with Gasteiger partial charge in [0, 0.05) is 10.6 Å². The molecule has 0 N–H and O–H groups in total. The molecule has 4 aromatic rings. The first-order valence-electron chi connectivity index (χ1n) is 11.7. The molecular formula is C29H23ClN2O4S. The van der Waals surface area contributed by atoms with Crippen LogP contribution in [-0.2, 0) is 9.53 Å².